The number of halogens is 3. The van der Waals surface area contributed by atoms with E-state index in [-0.39, 0.29) is 15.9 Å². The van der Waals surface area contributed by atoms with E-state index in [1.54, 1.807) is 0 Å². The Kier molecular flexibility index (Phi) is 2.92. The third kappa shape index (κ3) is 1.82. The molecule has 0 aliphatic rings. The summed E-state index contributed by atoms with van der Waals surface area (Å²) in [7, 11) is 0. The highest BCUT2D eigenvalue weighted by molar-refractivity contribution is 9.10. The summed E-state index contributed by atoms with van der Waals surface area (Å²) in [6, 6.07) is 0. The van der Waals surface area contributed by atoms with Crippen molar-refractivity contribution in [2.45, 2.75) is 6.43 Å². The Morgan fingerprint density at radius 2 is 2.23 bits per heavy atom. The summed E-state index contributed by atoms with van der Waals surface area (Å²) in [5.41, 5.74) is 4.52. The molecule has 0 unspecified atom stereocenters. The zero-order valence-electron chi connectivity index (χ0n) is 6.30. The minimum absolute atomic E-state index is 0.150. The van der Waals surface area contributed by atoms with Crippen LogP contribution in [-0.2, 0) is 0 Å². The van der Waals surface area contributed by atoms with Crippen LogP contribution >= 0.6 is 15.9 Å². The fourth-order valence-electron chi connectivity index (χ4n) is 0.881. The lowest BCUT2D eigenvalue weighted by Crippen LogP contribution is -2.03. The van der Waals surface area contributed by atoms with Crippen LogP contribution in [0.25, 0.3) is 0 Å². The molecule has 0 bridgehead atoms. The van der Waals surface area contributed by atoms with Crippen LogP contribution in [0.1, 0.15) is 22.3 Å². The van der Waals surface area contributed by atoms with E-state index >= 15 is 0 Å². The first-order valence-corrected chi connectivity index (χ1v) is 4.04. The van der Waals surface area contributed by atoms with Crippen LogP contribution in [0.3, 0.4) is 0 Å². The van der Waals surface area contributed by atoms with Gasteiger partial charge >= 0.3 is 0 Å². The van der Waals surface area contributed by atoms with Crippen LogP contribution in [0.5, 0.6) is 0 Å². The van der Waals surface area contributed by atoms with Crippen molar-refractivity contribution < 1.29 is 13.6 Å². The standard InChI is InChI=1S/C7H5BrF2N2O/c8-4-1-12-7(11)5(6(9)10)3(4)2-13/h1-2,6H,(H2,11,12). The second kappa shape index (κ2) is 3.78. The van der Waals surface area contributed by atoms with Crippen molar-refractivity contribution in [3.63, 3.8) is 0 Å². The maximum atomic E-state index is 12.4. The molecular weight excluding hydrogens is 246 g/mol. The third-order valence-corrected chi connectivity index (χ3v) is 2.11. The van der Waals surface area contributed by atoms with Crippen molar-refractivity contribution in [1.82, 2.24) is 4.98 Å². The zero-order valence-corrected chi connectivity index (χ0v) is 7.88. The molecule has 0 radical (unpaired) electrons. The number of alkyl halides is 2. The molecule has 1 aromatic heterocycles. The maximum Gasteiger partial charge on any atom is 0.268 e. The van der Waals surface area contributed by atoms with E-state index in [0.717, 1.165) is 0 Å². The molecule has 1 heterocycles. The Balaban J connectivity index is 3.43. The van der Waals surface area contributed by atoms with Gasteiger partial charge in [-0.05, 0) is 15.9 Å². The van der Waals surface area contributed by atoms with Gasteiger partial charge in [0.05, 0.1) is 5.56 Å². The van der Waals surface area contributed by atoms with Gasteiger partial charge in [-0.2, -0.15) is 0 Å². The number of hydrogen-bond donors (Lipinski definition) is 1. The summed E-state index contributed by atoms with van der Waals surface area (Å²) in [5, 5.41) is 0. The Morgan fingerprint density at radius 3 is 2.62 bits per heavy atom. The molecule has 70 valence electrons. The molecule has 0 aromatic carbocycles. The molecule has 6 heteroatoms. The molecule has 0 atom stereocenters. The molecule has 0 saturated heterocycles. The molecule has 1 rings (SSSR count). The van der Waals surface area contributed by atoms with E-state index in [9.17, 15) is 13.6 Å². The van der Waals surface area contributed by atoms with E-state index in [1.165, 1.54) is 6.20 Å². The highest BCUT2D eigenvalue weighted by Gasteiger charge is 2.19. The van der Waals surface area contributed by atoms with Gasteiger partial charge in [0.2, 0.25) is 0 Å². The van der Waals surface area contributed by atoms with Crippen molar-refractivity contribution in [1.29, 1.82) is 0 Å². The lowest BCUT2D eigenvalue weighted by Gasteiger charge is -2.07. The van der Waals surface area contributed by atoms with Gasteiger partial charge in [0.25, 0.3) is 6.43 Å². The molecule has 0 saturated carbocycles. The molecule has 3 nitrogen and oxygen atoms in total. The smallest absolute Gasteiger partial charge is 0.268 e. The van der Waals surface area contributed by atoms with Crippen molar-refractivity contribution in [3.05, 3.63) is 21.8 Å². The number of anilines is 1. The van der Waals surface area contributed by atoms with Gasteiger partial charge in [-0.25, -0.2) is 13.8 Å². The Morgan fingerprint density at radius 1 is 1.62 bits per heavy atom. The highest BCUT2D eigenvalue weighted by atomic mass is 79.9. The second-order valence-corrected chi connectivity index (χ2v) is 3.09. The quantitative estimate of drug-likeness (QED) is 0.819. The monoisotopic (exact) mass is 250 g/mol. The number of pyridine rings is 1. The summed E-state index contributed by atoms with van der Waals surface area (Å²) in [6.07, 6.45) is -1.26. The Labute approximate surface area is 81.1 Å². The van der Waals surface area contributed by atoms with E-state index < -0.39 is 12.0 Å². The van der Waals surface area contributed by atoms with Gasteiger partial charge in [0, 0.05) is 16.2 Å². The summed E-state index contributed by atoms with van der Waals surface area (Å²) < 4.78 is 24.9. The molecule has 2 N–H and O–H groups in total. The number of aldehydes is 1. The average Bonchev–Trinajstić information content (AvgIpc) is 2.07. The van der Waals surface area contributed by atoms with Crippen molar-refractivity contribution in [2.24, 2.45) is 0 Å². The minimum atomic E-state index is -2.80. The number of nitrogen functional groups attached to an aromatic ring is 1. The first kappa shape index (κ1) is 10.0. The summed E-state index contributed by atoms with van der Waals surface area (Å²) in [5.74, 6) is -0.319. The molecule has 1 aromatic rings. The summed E-state index contributed by atoms with van der Waals surface area (Å²) in [6.45, 7) is 0. The van der Waals surface area contributed by atoms with Crippen LogP contribution in [-0.4, -0.2) is 11.3 Å². The topological polar surface area (TPSA) is 56.0 Å². The molecular formula is C7H5BrF2N2O. The largest absolute Gasteiger partial charge is 0.383 e. The number of carbonyl (C=O) groups excluding carboxylic acids is 1. The fourth-order valence-corrected chi connectivity index (χ4v) is 1.29. The normalized spacial score (nSPS) is 10.5. The van der Waals surface area contributed by atoms with E-state index in [4.69, 9.17) is 5.73 Å². The van der Waals surface area contributed by atoms with E-state index in [1.807, 2.05) is 0 Å². The fraction of sp³-hybridized carbons (Fsp3) is 0.143. The Bertz CT molecular complexity index is 344. The molecule has 0 aliphatic carbocycles. The lowest BCUT2D eigenvalue weighted by atomic mass is 10.1. The predicted octanol–water partition coefficient (Wildman–Crippen LogP) is 2.18. The highest BCUT2D eigenvalue weighted by Crippen LogP contribution is 2.30. The number of nitrogens with two attached hydrogens (primary N) is 1. The molecule has 0 fully saturated rings. The first-order chi connectivity index (χ1) is 6.07. The average molecular weight is 251 g/mol. The predicted molar refractivity (Wildman–Crippen MR) is 46.7 cm³/mol. The van der Waals surface area contributed by atoms with E-state index in [2.05, 4.69) is 20.9 Å². The van der Waals surface area contributed by atoms with Crippen molar-refractivity contribution >= 4 is 28.0 Å². The van der Waals surface area contributed by atoms with Gasteiger partial charge < -0.3 is 5.73 Å². The number of rotatable bonds is 2. The van der Waals surface area contributed by atoms with Crippen LogP contribution in [0.15, 0.2) is 10.7 Å². The maximum absolute atomic E-state index is 12.4. The number of nitrogens with zero attached hydrogens (tertiary/aromatic N) is 1. The van der Waals surface area contributed by atoms with Crippen LogP contribution < -0.4 is 5.73 Å². The number of carbonyl (C=O) groups is 1. The summed E-state index contributed by atoms with van der Waals surface area (Å²) in [4.78, 5) is 14.0. The van der Waals surface area contributed by atoms with E-state index in [0.29, 0.717) is 6.29 Å². The molecule has 0 spiro atoms. The third-order valence-electron chi connectivity index (χ3n) is 1.48. The second-order valence-electron chi connectivity index (χ2n) is 2.24. The van der Waals surface area contributed by atoms with Crippen LogP contribution in [0, 0.1) is 0 Å². The van der Waals surface area contributed by atoms with Gasteiger partial charge in [-0.15, -0.1) is 0 Å². The zero-order chi connectivity index (χ0) is 10.0. The van der Waals surface area contributed by atoms with Crippen molar-refractivity contribution in [2.75, 3.05) is 5.73 Å². The first-order valence-electron chi connectivity index (χ1n) is 3.25. The molecule has 0 amide bonds. The van der Waals surface area contributed by atoms with Crippen LogP contribution in [0.4, 0.5) is 14.6 Å². The Hall–Kier alpha value is -1.04. The minimum Gasteiger partial charge on any atom is -0.383 e. The number of hydrogen-bond acceptors (Lipinski definition) is 3. The van der Waals surface area contributed by atoms with Gasteiger partial charge in [-0.3, -0.25) is 4.79 Å². The van der Waals surface area contributed by atoms with Gasteiger partial charge in [0.15, 0.2) is 6.29 Å². The van der Waals surface area contributed by atoms with Crippen molar-refractivity contribution in [3.8, 4) is 0 Å². The van der Waals surface area contributed by atoms with Gasteiger partial charge in [-0.1, -0.05) is 0 Å². The van der Waals surface area contributed by atoms with Crippen LogP contribution in [0.2, 0.25) is 0 Å². The molecule has 0 aliphatic heterocycles. The number of aromatic nitrogens is 1. The lowest BCUT2D eigenvalue weighted by molar-refractivity contribution is 0.110. The summed E-state index contributed by atoms with van der Waals surface area (Å²) >= 11 is 2.93. The SMILES string of the molecule is Nc1ncc(Br)c(C=O)c1C(F)F. The molecule has 13 heavy (non-hydrogen) atoms. The van der Waals surface area contributed by atoms with Gasteiger partial charge in [0.1, 0.15) is 5.82 Å².